The number of allylic oxidation sites excluding steroid dienone is 1. The van der Waals surface area contributed by atoms with Gasteiger partial charge in [0.05, 0.1) is 62.9 Å². The highest BCUT2D eigenvalue weighted by Crippen LogP contribution is 2.62. The van der Waals surface area contributed by atoms with Crippen molar-refractivity contribution < 1.29 is 67.8 Å². The maximum absolute atomic E-state index is 14.8. The first-order valence-electron chi connectivity index (χ1n) is 23.6. The van der Waals surface area contributed by atoms with Gasteiger partial charge in [0, 0.05) is 55.9 Å². The first-order chi connectivity index (χ1) is 33.7. The minimum atomic E-state index is -1.69. The van der Waals surface area contributed by atoms with E-state index in [1.165, 1.54) is 43.4 Å². The average Bonchev–Trinajstić information content (AvgIpc) is 3.34. The number of fused-ring (bicyclic) bond motifs is 2. The van der Waals surface area contributed by atoms with Gasteiger partial charge in [0.15, 0.2) is 0 Å². The summed E-state index contributed by atoms with van der Waals surface area (Å²) in [4.78, 5) is 47.0. The Morgan fingerprint density at radius 3 is 2.30 bits per heavy atom. The molecule has 0 bridgehead atoms. The number of non-ortho nitro benzene ring substituents is 1. The van der Waals surface area contributed by atoms with Crippen LogP contribution in [-0.2, 0) is 14.3 Å². The number of hydrogen-bond acceptors (Lipinski definition) is 16. The molecule has 3 aromatic carbocycles. The van der Waals surface area contributed by atoms with Gasteiger partial charge >= 0.3 is 12.2 Å². The van der Waals surface area contributed by atoms with E-state index in [9.17, 15) is 35.0 Å². The number of ether oxygens (including phenoxy) is 7. The van der Waals surface area contributed by atoms with E-state index in [4.69, 9.17) is 43.2 Å². The normalized spacial score (nSPS) is 21.8. The van der Waals surface area contributed by atoms with E-state index in [0.717, 1.165) is 5.57 Å². The van der Waals surface area contributed by atoms with Crippen LogP contribution in [0.5, 0.6) is 28.7 Å². The molecule has 4 N–H and O–H groups in total. The highest BCUT2D eigenvalue weighted by atomic mass is 16.7. The number of carbonyl (C=O) groups excluding carboxylic acids is 2. The fourth-order valence-corrected chi connectivity index (χ4v) is 9.55. The maximum Gasteiger partial charge on any atom is 0.417 e. The molecule has 6 rings (SSSR count). The van der Waals surface area contributed by atoms with Crippen LogP contribution in [0.2, 0.25) is 0 Å². The number of methoxy groups -OCH3 is 2. The molecule has 2 aliphatic carbocycles. The molecular formula is C51H66N4O15. The molecule has 0 aromatic heterocycles. The van der Waals surface area contributed by atoms with Crippen LogP contribution in [0.25, 0.3) is 0 Å². The minimum absolute atomic E-state index is 0.00906. The van der Waals surface area contributed by atoms with Crippen LogP contribution >= 0.6 is 0 Å². The van der Waals surface area contributed by atoms with Crippen molar-refractivity contribution in [1.82, 2.24) is 4.90 Å². The van der Waals surface area contributed by atoms with Crippen molar-refractivity contribution in [1.29, 1.82) is 0 Å². The second-order valence-corrected chi connectivity index (χ2v) is 18.2. The monoisotopic (exact) mass is 974 g/mol. The number of unbranched alkanes of at least 4 members (excludes halogenated alkanes) is 2. The molecule has 1 saturated carbocycles. The number of aliphatic hydroxyl groups is 3. The summed E-state index contributed by atoms with van der Waals surface area (Å²) >= 11 is 0. The quantitative estimate of drug-likeness (QED) is 0.0287. The van der Waals surface area contributed by atoms with Crippen molar-refractivity contribution in [2.45, 2.75) is 89.1 Å². The molecule has 0 saturated heterocycles. The molecule has 1 heterocycles. The Hall–Kier alpha value is -6.25. The Kier molecular flexibility index (Phi) is 18.6. The van der Waals surface area contributed by atoms with Crippen molar-refractivity contribution >= 4 is 29.3 Å². The molecule has 3 aliphatic rings. The lowest BCUT2D eigenvalue weighted by Gasteiger charge is -2.59. The molecular weight excluding hydrogens is 909 g/mol. The Morgan fingerprint density at radius 2 is 1.64 bits per heavy atom. The smallest absolute Gasteiger partial charge is 0.417 e. The van der Waals surface area contributed by atoms with Crippen LogP contribution < -0.4 is 29.0 Å². The summed E-state index contributed by atoms with van der Waals surface area (Å²) in [6.45, 7) is 9.19. The Balaban J connectivity index is 1.55. The molecule has 19 nitrogen and oxygen atoms in total. The van der Waals surface area contributed by atoms with Crippen molar-refractivity contribution in [2.24, 2.45) is 22.9 Å². The summed E-state index contributed by atoms with van der Waals surface area (Å²) in [5.41, 5.74) is 1.42. The molecule has 70 heavy (non-hydrogen) atoms. The number of aliphatic hydroxyl groups excluding tert-OH is 3. The average molecular weight is 975 g/mol. The number of amides is 2. The summed E-state index contributed by atoms with van der Waals surface area (Å²) < 4.78 is 42.8. The van der Waals surface area contributed by atoms with E-state index in [-0.39, 0.29) is 81.6 Å². The van der Waals surface area contributed by atoms with Gasteiger partial charge in [-0.15, -0.1) is 6.58 Å². The second-order valence-electron chi connectivity index (χ2n) is 18.2. The van der Waals surface area contributed by atoms with Gasteiger partial charge in [0.1, 0.15) is 40.4 Å². The first-order valence-corrected chi connectivity index (χ1v) is 23.6. The zero-order valence-corrected chi connectivity index (χ0v) is 40.5. The van der Waals surface area contributed by atoms with E-state index >= 15 is 0 Å². The minimum Gasteiger partial charge on any atom is -0.497 e. The largest absolute Gasteiger partial charge is 0.497 e. The third kappa shape index (κ3) is 12.7. The Bertz CT molecular complexity index is 2330. The molecule has 2 amide bonds. The Morgan fingerprint density at radius 1 is 0.929 bits per heavy atom. The zero-order chi connectivity index (χ0) is 50.4. The van der Waals surface area contributed by atoms with Crippen molar-refractivity contribution in [3.05, 3.63) is 101 Å². The van der Waals surface area contributed by atoms with Crippen LogP contribution in [-0.4, -0.2) is 121 Å². The second kappa shape index (κ2) is 24.5. The SMILES string of the molecule is C=CCOC12Oc3ccc(OC(=O)Nc4ccc(OC)cc4OC)cc3C3C(CCCCO)C(CCCCO)C=C(C(=NOC(C)(C)C)CC1N(CCOCCO)C(=O)Oc1ccc([N+](=O)[O-])cc1)C32. The topological polar surface area (TPSA) is 239 Å². The highest BCUT2D eigenvalue weighted by Gasteiger charge is 2.66. The number of nitrogens with one attached hydrogen (secondary N) is 1. The zero-order valence-electron chi connectivity index (χ0n) is 40.5. The summed E-state index contributed by atoms with van der Waals surface area (Å²) in [6, 6.07) is 14.1. The Labute approximate surface area is 408 Å². The van der Waals surface area contributed by atoms with Crippen molar-refractivity contribution in [3.8, 4) is 28.7 Å². The molecule has 1 fully saturated rings. The first kappa shape index (κ1) is 53.1. The molecule has 3 aromatic rings. The van der Waals surface area contributed by atoms with Gasteiger partial charge in [-0.1, -0.05) is 30.1 Å². The summed E-state index contributed by atoms with van der Waals surface area (Å²) in [7, 11) is 3.00. The van der Waals surface area contributed by atoms with Crippen LogP contribution in [0, 0.1) is 27.9 Å². The van der Waals surface area contributed by atoms with Crippen LogP contribution in [0.3, 0.4) is 0 Å². The number of anilines is 1. The fraction of sp³-hybridized carbons (Fsp3) is 0.510. The maximum atomic E-state index is 14.8. The molecule has 1 aliphatic heterocycles. The highest BCUT2D eigenvalue weighted by molar-refractivity contribution is 6.03. The van der Waals surface area contributed by atoms with Gasteiger partial charge < -0.3 is 53.3 Å². The van der Waals surface area contributed by atoms with Gasteiger partial charge in [-0.3, -0.25) is 20.3 Å². The summed E-state index contributed by atoms with van der Waals surface area (Å²) in [5, 5.41) is 48.7. The van der Waals surface area contributed by atoms with E-state index in [1.807, 2.05) is 20.8 Å². The molecule has 6 atom stereocenters. The lowest BCUT2D eigenvalue weighted by Crippen LogP contribution is -2.70. The molecule has 380 valence electrons. The number of rotatable bonds is 24. The number of benzene rings is 3. The standard InChI is InChI=1S/C51H66N4O15/c1-7-26-66-51-45(54(22-27-65-28-25-58)49(60)68-35-16-14-34(15-17-35)55(61)62)32-42(53-70-50(2,3)4)39-29-33(12-8-10-23-56)38(13-9-11-24-57)46(47(39)51)40-30-37(19-21-43(40)69-51)67-48(59)52-41-20-18-36(63-5)31-44(41)64-6/h7,14-21,29-31,33,38,45-47,56-58H,1,8-13,22-28,32H2,2-6H3,(H,52,59). The van der Waals surface area contributed by atoms with Gasteiger partial charge in [0.25, 0.3) is 5.69 Å². The number of nitrogens with zero attached hydrogens (tertiary/aromatic N) is 3. The van der Waals surface area contributed by atoms with Crippen LogP contribution in [0.4, 0.5) is 21.0 Å². The number of oxime groups is 1. The van der Waals surface area contributed by atoms with Crippen LogP contribution in [0.1, 0.15) is 77.2 Å². The third-order valence-corrected chi connectivity index (χ3v) is 12.5. The van der Waals surface area contributed by atoms with Gasteiger partial charge in [-0.2, -0.15) is 0 Å². The summed E-state index contributed by atoms with van der Waals surface area (Å²) in [5.74, 6) is -1.60. The third-order valence-electron chi connectivity index (χ3n) is 12.5. The lowest BCUT2D eigenvalue weighted by molar-refractivity contribution is -0.384. The van der Waals surface area contributed by atoms with Crippen molar-refractivity contribution in [2.75, 3.05) is 65.7 Å². The van der Waals surface area contributed by atoms with E-state index in [1.54, 1.807) is 42.5 Å². The number of nitro groups is 1. The fourth-order valence-electron chi connectivity index (χ4n) is 9.55. The van der Waals surface area contributed by atoms with Gasteiger partial charge in [0.2, 0.25) is 5.79 Å². The predicted molar refractivity (Wildman–Crippen MR) is 259 cm³/mol. The molecule has 0 radical (unpaired) electrons. The molecule has 19 heteroatoms. The van der Waals surface area contributed by atoms with E-state index in [2.05, 4.69) is 18.0 Å². The number of carbonyl (C=O) groups is 2. The number of hydrogen-bond donors (Lipinski definition) is 4. The summed E-state index contributed by atoms with van der Waals surface area (Å²) in [6.07, 6.45) is 6.02. The lowest BCUT2D eigenvalue weighted by atomic mass is 9.55. The van der Waals surface area contributed by atoms with E-state index in [0.29, 0.717) is 72.7 Å². The van der Waals surface area contributed by atoms with Crippen molar-refractivity contribution in [3.63, 3.8) is 0 Å². The molecule has 0 spiro atoms. The predicted octanol–water partition coefficient (Wildman–Crippen LogP) is 8.16. The van der Waals surface area contributed by atoms with Gasteiger partial charge in [-0.05, 0) is 106 Å². The van der Waals surface area contributed by atoms with Crippen LogP contribution in [0.15, 0.2) is 90.1 Å². The molecule has 6 unspecified atom stereocenters. The van der Waals surface area contributed by atoms with E-state index < -0.39 is 46.4 Å². The van der Waals surface area contributed by atoms with Gasteiger partial charge in [-0.25, -0.2) is 9.59 Å². The number of nitro benzene ring substituents is 1.